The van der Waals surface area contributed by atoms with Gasteiger partial charge in [-0.3, -0.25) is 9.80 Å². The Morgan fingerprint density at radius 2 is 1.74 bits per heavy atom. The van der Waals surface area contributed by atoms with Gasteiger partial charge in [0.2, 0.25) is 11.7 Å². The van der Waals surface area contributed by atoms with Crippen molar-refractivity contribution in [3.05, 3.63) is 64.8 Å². The first-order chi connectivity index (χ1) is 15.1. The quantitative estimate of drug-likeness (QED) is 0.622. The second-order valence-corrected chi connectivity index (χ2v) is 8.09. The second kappa shape index (κ2) is 8.74. The van der Waals surface area contributed by atoms with Gasteiger partial charge >= 0.3 is 0 Å². The first kappa shape index (κ1) is 20.1. The fourth-order valence-corrected chi connectivity index (χ4v) is 4.05. The number of rotatable bonds is 5. The molecule has 5 rings (SSSR count). The van der Waals surface area contributed by atoms with E-state index in [4.69, 9.17) is 14.0 Å². The highest BCUT2D eigenvalue weighted by molar-refractivity contribution is 5.54. The number of hydrogen-bond donors (Lipinski definition) is 0. The molecule has 2 aliphatic rings. The number of ether oxygens (including phenoxy) is 2. The van der Waals surface area contributed by atoms with Gasteiger partial charge in [-0.2, -0.15) is 4.98 Å². The van der Waals surface area contributed by atoms with Crippen LogP contribution < -0.4 is 4.74 Å². The highest BCUT2D eigenvalue weighted by Crippen LogP contribution is 2.30. The van der Waals surface area contributed by atoms with E-state index in [2.05, 4.69) is 26.9 Å². The third-order valence-corrected chi connectivity index (χ3v) is 5.75. The molecule has 0 spiro atoms. The SMILES string of the molecule is Cc1ccc(-c2noc(CN3CCN(Cc4cc(F)cc5c4OCOC5)CC3)n2)cc1. The van der Waals surface area contributed by atoms with Gasteiger partial charge in [-0.05, 0) is 19.1 Å². The van der Waals surface area contributed by atoms with Gasteiger partial charge < -0.3 is 14.0 Å². The van der Waals surface area contributed by atoms with Crippen molar-refractivity contribution in [1.82, 2.24) is 19.9 Å². The van der Waals surface area contributed by atoms with Crippen molar-refractivity contribution in [2.24, 2.45) is 0 Å². The Balaban J connectivity index is 1.17. The van der Waals surface area contributed by atoms with Crippen LogP contribution in [0.1, 0.15) is 22.6 Å². The number of benzene rings is 2. The zero-order valence-corrected chi connectivity index (χ0v) is 17.5. The number of nitrogens with zero attached hydrogens (tertiary/aromatic N) is 4. The molecule has 3 heterocycles. The average Bonchev–Trinajstić information content (AvgIpc) is 3.24. The standard InChI is InChI=1S/C23H25FN4O3/c1-16-2-4-17(5-3-16)23-25-21(31-26-23)13-28-8-6-27(7-9-28)12-18-10-20(24)11-19-14-29-15-30-22(18)19/h2-5,10-11H,6-9,12-15H2,1H3. The molecule has 1 fully saturated rings. The van der Waals surface area contributed by atoms with Crippen molar-refractivity contribution < 1.29 is 18.4 Å². The van der Waals surface area contributed by atoms with Crippen LogP contribution in [0, 0.1) is 12.7 Å². The van der Waals surface area contributed by atoms with E-state index in [-0.39, 0.29) is 12.6 Å². The lowest BCUT2D eigenvalue weighted by Gasteiger charge is -2.34. The fraction of sp³-hybridized carbons (Fsp3) is 0.391. The Labute approximate surface area is 180 Å². The van der Waals surface area contributed by atoms with E-state index < -0.39 is 0 Å². The molecular weight excluding hydrogens is 399 g/mol. The molecule has 1 saturated heterocycles. The molecule has 7 nitrogen and oxygen atoms in total. The topological polar surface area (TPSA) is 63.9 Å². The van der Waals surface area contributed by atoms with Crippen LogP contribution in [0.5, 0.6) is 5.75 Å². The van der Waals surface area contributed by atoms with E-state index in [1.54, 1.807) is 6.07 Å². The molecule has 0 radical (unpaired) electrons. The summed E-state index contributed by atoms with van der Waals surface area (Å²) in [7, 11) is 0. The Morgan fingerprint density at radius 3 is 2.52 bits per heavy atom. The van der Waals surface area contributed by atoms with Crippen LogP contribution in [-0.4, -0.2) is 52.9 Å². The third kappa shape index (κ3) is 4.61. The van der Waals surface area contributed by atoms with E-state index in [0.717, 1.165) is 48.6 Å². The van der Waals surface area contributed by atoms with Crippen molar-refractivity contribution in [2.45, 2.75) is 26.6 Å². The van der Waals surface area contributed by atoms with Crippen LogP contribution in [0.2, 0.25) is 0 Å². The largest absolute Gasteiger partial charge is 0.467 e. The summed E-state index contributed by atoms with van der Waals surface area (Å²) in [6.07, 6.45) is 0. The molecule has 2 aliphatic heterocycles. The normalized spacial score (nSPS) is 17.4. The van der Waals surface area contributed by atoms with Crippen molar-refractivity contribution in [3.63, 3.8) is 0 Å². The maximum absolute atomic E-state index is 14.0. The summed E-state index contributed by atoms with van der Waals surface area (Å²) < 4.78 is 30.4. The van der Waals surface area contributed by atoms with Crippen molar-refractivity contribution in [2.75, 3.05) is 33.0 Å². The predicted octanol–water partition coefficient (Wildman–Crippen LogP) is 3.37. The zero-order valence-electron chi connectivity index (χ0n) is 17.5. The Bertz CT molecular complexity index is 1050. The van der Waals surface area contributed by atoms with Gasteiger partial charge in [-0.25, -0.2) is 4.39 Å². The molecule has 0 N–H and O–H groups in total. The summed E-state index contributed by atoms with van der Waals surface area (Å²) in [4.78, 5) is 9.16. The Hall–Kier alpha value is -2.81. The van der Waals surface area contributed by atoms with E-state index in [0.29, 0.717) is 31.4 Å². The minimum Gasteiger partial charge on any atom is -0.467 e. The lowest BCUT2D eigenvalue weighted by Crippen LogP contribution is -2.45. The number of fused-ring (bicyclic) bond motifs is 1. The van der Waals surface area contributed by atoms with Crippen LogP contribution >= 0.6 is 0 Å². The first-order valence-electron chi connectivity index (χ1n) is 10.5. The summed E-state index contributed by atoms with van der Waals surface area (Å²) in [5.41, 5.74) is 3.81. The van der Waals surface area contributed by atoms with Gasteiger partial charge in [0.1, 0.15) is 11.6 Å². The van der Waals surface area contributed by atoms with E-state index in [1.807, 2.05) is 24.3 Å². The van der Waals surface area contributed by atoms with Crippen LogP contribution in [0.15, 0.2) is 40.9 Å². The molecule has 3 aromatic rings. The van der Waals surface area contributed by atoms with E-state index in [9.17, 15) is 4.39 Å². The molecular formula is C23H25FN4O3. The number of halogens is 1. The predicted molar refractivity (Wildman–Crippen MR) is 112 cm³/mol. The molecule has 0 bridgehead atoms. The first-order valence-corrected chi connectivity index (χ1v) is 10.5. The van der Waals surface area contributed by atoms with Gasteiger partial charge in [-0.1, -0.05) is 35.0 Å². The Kier molecular flexibility index (Phi) is 5.67. The number of aromatic nitrogens is 2. The van der Waals surface area contributed by atoms with E-state index >= 15 is 0 Å². The maximum atomic E-state index is 14.0. The zero-order chi connectivity index (χ0) is 21.2. The minimum atomic E-state index is -0.248. The average molecular weight is 424 g/mol. The summed E-state index contributed by atoms with van der Waals surface area (Å²) in [5, 5.41) is 4.12. The van der Waals surface area contributed by atoms with Crippen LogP contribution in [-0.2, 0) is 24.4 Å². The lowest BCUT2D eigenvalue weighted by atomic mass is 10.1. The number of aryl methyl sites for hydroxylation is 1. The maximum Gasteiger partial charge on any atom is 0.241 e. The molecule has 0 unspecified atom stereocenters. The van der Waals surface area contributed by atoms with Crippen molar-refractivity contribution in [3.8, 4) is 17.1 Å². The Morgan fingerprint density at radius 1 is 1.00 bits per heavy atom. The number of piperazine rings is 1. The molecule has 0 aliphatic carbocycles. The molecule has 1 aromatic heterocycles. The van der Waals surface area contributed by atoms with Crippen LogP contribution in [0.25, 0.3) is 11.4 Å². The molecule has 8 heteroatoms. The summed E-state index contributed by atoms with van der Waals surface area (Å²) in [5.74, 6) is 1.76. The second-order valence-electron chi connectivity index (χ2n) is 8.09. The molecule has 0 atom stereocenters. The third-order valence-electron chi connectivity index (χ3n) is 5.75. The van der Waals surface area contributed by atoms with Gasteiger partial charge in [0.15, 0.2) is 6.79 Å². The van der Waals surface area contributed by atoms with Crippen LogP contribution in [0.4, 0.5) is 4.39 Å². The molecule has 2 aromatic carbocycles. The van der Waals surface area contributed by atoms with Crippen LogP contribution in [0.3, 0.4) is 0 Å². The van der Waals surface area contributed by atoms with Gasteiger partial charge in [-0.15, -0.1) is 0 Å². The summed E-state index contributed by atoms with van der Waals surface area (Å²) in [6, 6.07) is 11.1. The highest BCUT2D eigenvalue weighted by Gasteiger charge is 2.23. The molecule has 31 heavy (non-hydrogen) atoms. The molecule has 0 saturated carbocycles. The summed E-state index contributed by atoms with van der Waals surface area (Å²) >= 11 is 0. The van der Waals surface area contributed by atoms with Crippen molar-refractivity contribution in [1.29, 1.82) is 0 Å². The summed E-state index contributed by atoms with van der Waals surface area (Å²) in [6.45, 7) is 7.45. The number of hydrogen-bond acceptors (Lipinski definition) is 7. The van der Waals surface area contributed by atoms with E-state index in [1.165, 1.54) is 11.6 Å². The lowest BCUT2D eigenvalue weighted by molar-refractivity contribution is -0.0179. The fourth-order valence-electron chi connectivity index (χ4n) is 4.05. The molecule has 162 valence electrons. The van der Waals surface area contributed by atoms with Crippen molar-refractivity contribution >= 4 is 0 Å². The monoisotopic (exact) mass is 424 g/mol. The smallest absolute Gasteiger partial charge is 0.241 e. The minimum absolute atomic E-state index is 0.216. The van der Waals surface area contributed by atoms with Gasteiger partial charge in [0.25, 0.3) is 0 Å². The van der Waals surface area contributed by atoms with Gasteiger partial charge in [0.05, 0.1) is 13.2 Å². The molecule has 0 amide bonds. The van der Waals surface area contributed by atoms with Gasteiger partial charge in [0, 0.05) is 49.4 Å². The highest BCUT2D eigenvalue weighted by atomic mass is 19.1.